The molecule has 3 nitrogen and oxygen atoms in total. The molecule has 0 spiro atoms. The zero-order valence-electron chi connectivity index (χ0n) is 12.4. The van der Waals surface area contributed by atoms with Crippen molar-refractivity contribution in [2.24, 2.45) is 0 Å². The molecule has 0 aromatic heterocycles. The maximum absolute atomic E-state index is 13.7. The smallest absolute Gasteiger partial charge is 0.423 e. The van der Waals surface area contributed by atoms with Crippen LogP contribution in [0.25, 0.3) is 0 Å². The van der Waals surface area contributed by atoms with E-state index in [1.54, 1.807) is 0 Å². The summed E-state index contributed by atoms with van der Waals surface area (Å²) in [6.45, 7) is 5.50. The summed E-state index contributed by atoms with van der Waals surface area (Å²) in [4.78, 5) is 0. The van der Waals surface area contributed by atoms with Crippen molar-refractivity contribution < 1.29 is 36.7 Å². The highest BCUT2D eigenvalue weighted by atomic mass is 19.4. The van der Waals surface area contributed by atoms with E-state index in [9.17, 15) is 32.1 Å². The molecular weight excluding hydrogens is 310 g/mol. The van der Waals surface area contributed by atoms with E-state index in [2.05, 4.69) is 0 Å². The lowest BCUT2D eigenvalue weighted by molar-refractivity contribution is -0.140. The molecule has 0 radical (unpaired) electrons. The highest BCUT2D eigenvalue weighted by Crippen LogP contribution is 2.32. The summed E-state index contributed by atoms with van der Waals surface area (Å²) >= 11 is 0. The van der Waals surface area contributed by atoms with Crippen molar-refractivity contribution in [1.82, 2.24) is 0 Å². The highest BCUT2D eigenvalue weighted by molar-refractivity contribution is 6.60. The SMILES string of the molecule is CC(C)(O)C(C)(C)OB(O)c1ccc(C(F)(F)F)c(F)c1F. The van der Waals surface area contributed by atoms with Gasteiger partial charge in [-0.15, -0.1) is 0 Å². The summed E-state index contributed by atoms with van der Waals surface area (Å²) < 4.78 is 69.6. The van der Waals surface area contributed by atoms with Crippen LogP contribution < -0.4 is 5.46 Å². The summed E-state index contributed by atoms with van der Waals surface area (Å²) in [5, 5.41) is 19.7. The molecule has 2 N–H and O–H groups in total. The highest BCUT2D eigenvalue weighted by Gasteiger charge is 2.42. The van der Waals surface area contributed by atoms with Crippen LogP contribution in [0.3, 0.4) is 0 Å². The summed E-state index contributed by atoms with van der Waals surface area (Å²) in [5.74, 6) is -3.97. The third-order valence-electron chi connectivity index (χ3n) is 3.56. The number of hydrogen-bond acceptors (Lipinski definition) is 3. The monoisotopic (exact) mass is 326 g/mol. The third kappa shape index (κ3) is 3.77. The van der Waals surface area contributed by atoms with Gasteiger partial charge >= 0.3 is 13.3 Å². The summed E-state index contributed by atoms with van der Waals surface area (Å²) in [7, 11) is -2.04. The fourth-order valence-corrected chi connectivity index (χ4v) is 1.46. The second kappa shape index (κ2) is 5.79. The Bertz CT molecular complexity index is 552. The van der Waals surface area contributed by atoms with Gasteiger partial charge in [0.05, 0.1) is 16.8 Å². The lowest BCUT2D eigenvalue weighted by Gasteiger charge is -2.38. The van der Waals surface area contributed by atoms with Crippen molar-refractivity contribution in [3.63, 3.8) is 0 Å². The molecule has 1 rings (SSSR count). The van der Waals surface area contributed by atoms with Crippen LogP contribution in [-0.2, 0) is 10.8 Å². The van der Waals surface area contributed by atoms with E-state index < -0.39 is 47.2 Å². The Morgan fingerprint density at radius 2 is 1.50 bits per heavy atom. The summed E-state index contributed by atoms with van der Waals surface area (Å²) in [6.07, 6.45) is -5.05. The molecule has 0 amide bonds. The minimum Gasteiger partial charge on any atom is -0.423 e. The van der Waals surface area contributed by atoms with Gasteiger partial charge in [-0.2, -0.15) is 13.2 Å². The van der Waals surface area contributed by atoms with E-state index in [0.717, 1.165) is 0 Å². The van der Waals surface area contributed by atoms with Crippen LogP contribution in [0.2, 0.25) is 0 Å². The van der Waals surface area contributed by atoms with E-state index in [1.807, 2.05) is 0 Å². The average molecular weight is 326 g/mol. The average Bonchev–Trinajstić information content (AvgIpc) is 2.28. The molecule has 0 aliphatic carbocycles. The fourth-order valence-electron chi connectivity index (χ4n) is 1.46. The molecule has 124 valence electrons. The molecule has 9 heteroatoms. The minimum atomic E-state index is -5.05. The topological polar surface area (TPSA) is 49.7 Å². The molecule has 0 aliphatic heterocycles. The quantitative estimate of drug-likeness (QED) is 0.659. The van der Waals surface area contributed by atoms with Crippen LogP contribution in [0.15, 0.2) is 12.1 Å². The normalized spacial score (nSPS) is 13.4. The maximum atomic E-state index is 13.7. The first kappa shape index (κ1) is 18.9. The van der Waals surface area contributed by atoms with Crippen molar-refractivity contribution >= 4 is 12.6 Å². The first-order chi connectivity index (χ1) is 9.68. The van der Waals surface area contributed by atoms with Crippen LogP contribution in [0.4, 0.5) is 22.0 Å². The number of halogens is 5. The fraction of sp³-hybridized carbons (Fsp3) is 0.538. The summed E-state index contributed by atoms with van der Waals surface area (Å²) in [5.41, 5.74) is -5.39. The lowest BCUT2D eigenvalue weighted by Crippen LogP contribution is -2.53. The van der Waals surface area contributed by atoms with Gasteiger partial charge in [0, 0.05) is 5.46 Å². The van der Waals surface area contributed by atoms with Crippen molar-refractivity contribution in [3.05, 3.63) is 29.3 Å². The Labute approximate surface area is 124 Å². The standard InChI is InChI=1S/C13H16BF5O3/c1-11(2,20)12(3,4)22-14(21)8-6-5-7(13(17,18)19)9(15)10(8)16/h5-6,20-21H,1-4H3. The Balaban J connectivity index is 3.17. The van der Waals surface area contributed by atoms with Crippen molar-refractivity contribution in [2.75, 3.05) is 0 Å². The Morgan fingerprint density at radius 3 is 1.91 bits per heavy atom. The zero-order valence-corrected chi connectivity index (χ0v) is 12.4. The zero-order chi connectivity index (χ0) is 17.5. The molecule has 1 aromatic rings. The molecule has 0 atom stereocenters. The second-order valence-electron chi connectivity index (χ2n) is 5.87. The van der Waals surface area contributed by atoms with E-state index >= 15 is 0 Å². The number of hydrogen-bond donors (Lipinski definition) is 2. The minimum absolute atomic E-state index is 0.317. The number of benzene rings is 1. The number of rotatable bonds is 4. The molecule has 0 heterocycles. The van der Waals surface area contributed by atoms with E-state index in [-0.39, 0.29) is 0 Å². The molecule has 0 saturated heterocycles. The van der Waals surface area contributed by atoms with Crippen molar-refractivity contribution in [3.8, 4) is 0 Å². The lowest BCUT2D eigenvalue weighted by atomic mass is 9.75. The Hall–Kier alpha value is -1.19. The Kier molecular flexibility index (Phi) is 4.96. The predicted octanol–water partition coefficient (Wildman–Crippen LogP) is 2.24. The number of aliphatic hydroxyl groups is 1. The van der Waals surface area contributed by atoms with E-state index in [4.69, 9.17) is 4.65 Å². The number of alkyl halides is 3. The first-order valence-corrected chi connectivity index (χ1v) is 6.32. The van der Waals surface area contributed by atoms with E-state index in [1.165, 1.54) is 27.7 Å². The molecule has 0 fully saturated rings. The van der Waals surface area contributed by atoms with Gasteiger partial charge < -0.3 is 14.8 Å². The largest absolute Gasteiger partial charge is 0.494 e. The molecule has 22 heavy (non-hydrogen) atoms. The van der Waals surface area contributed by atoms with E-state index in [0.29, 0.717) is 12.1 Å². The van der Waals surface area contributed by atoms with Gasteiger partial charge in [-0.05, 0) is 33.8 Å². The van der Waals surface area contributed by atoms with Gasteiger partial charge in [-0.3, -0.25) is 0 Å². The van der Waals surface area contributed by atoms with Crippen LogP contribution >= 0.6 is 0 Å². The third-order valence-corrected chi connectivity index (χ3v) is 3.56. The molecule has 0 unspecified atom stereocenters. The van der Waals surface area contributed by atoms with Gasteiger partial charge in [-0.1, -0.05) is 6.07 Å². The molecule has 0 saturated carbocycles. The Morgan fingerprint density at radius 1 is 1.00 bits per heavy atom. The van der Waals surface area contributed by atoms with Gasteiger partial charge in [-0.25, -0.2) is 8.78 Å². The second-order valence-corrected chi connectivity index (χ2v) is 5.87. The first-order valence-electron chi connectivity index (χ1n) is 6.32. The van der Waals surface area contributed by atoms with Gasteiger partial charge in [0.15, 0.2) is 11.6 Å². The molecule has 1 aromatic carbocycles. The maximum Gasteiger partial charge on any atom is 0.494 e. The molecular formula is C13H16BF5O3. The summed E-state index contributed by atoms with van der Waals surface area (Å²) in [6, 6.07) is 0.907. The predicted molar refractivity (Wildman–Crippen MR) is 70.4 cm³/mol. The molecule has 0 bridgehead atoms. The van der Waals surface area contributed by atoms with Crippen LogP contribution in [0, 0.1) is 11.6 Å². The molecule has 0 aliphatic rings. The van der Waals surface area contributed by atoms with Crippen molar-refractivity contribution in [1.29, 1.82) is 0 Å². The van der Waals surface area contributed by atoms with Crippen LogP contribution in [-0.4, -0.2) is 28.5 Å². The van der Waals surface area contributed by atoms with Crippen LogP contribution in [0.1, 0.15) is 33.3 Å². The van der Waals surface area contributed by atoms with Crippen LogP contribution in [0.5, 0.6) is 0 Å². The van der Waals surface area contributed by atoms with Gasteiger partial charge in [0.2, 0.25) is 0 Å². The van der Waals surface area contributed by atoms with Crippen molar-refractivity contribution in [2.45, 2.75) is 45.1 Å². The van der Waals surface area contributed by atoms with Gasteiger partial charge in [0.25, 0.3) is 0 Å². The van der Waals surface area contributed by atoms with Gasteiger partial charge in [0.1, 0.15) is 0 Å².